The van der Waals surface area contributed by atoms with Crippen LogP contribution in [0.4, 0.5) is 0 Å². The van der Waals surface area contributed by atoms with Crippen LogP contribution in [0, 0.1) is 0 Å². The van der Waals surface area contributed by atoms with E-state index in [1.54, 1.807) is 0 Å². The van der Waals surface area contributed by atoms with Gasteiger partial charge in [0.2, 0.25) is 0 Å². The minimum Gasteiger partial charge on any atom is -0.162 e. The first kappa shape index (κ1) is 16.3. The zero-order valence-corrected chi connectivity index (χ0v) is 14.2. The van der Waals surface area contributed by atoms with E-state index in [9.17, 15) is 0 Å². The Morgan fingerprint density at radius 3 is 1.35 bits per heavy atom. The number of hydrogen-bond donors (Lipinski definition) is 0. The van der Waals surface area contributed by atoms with E-state index in [1.807, 2.05) is 0 Å². The third-order valence-electron chi connectivity index (χ3n) is 3.86. The first-order chi connectivity index (χ1) is 9.95. The van der Waals surface area contributed by atoms with E-state index in [1.165, 1.54) is 85.5 Å². The fraction of sp³-hybridized carbons (Fsp3) is 0.667. The van der Waals surface area contributed by atoms with Crippen molar-refractivity contribution in [2.45, 2.75) is 51.4 Å². The summed E-state index contributed by atoms with van der Waals surface area (Å²) in [6.07, 6.45) is 10.9. The van der Waals surface area contributed by atoms with Gasteiger partial charge in [0.25, 0.3) is 0 Å². The van der Waals surface area contributed by atoms with Crippen LogP contribution in [0.25, 0.3) is 0 Å². The number of thioether (sulfide) groups is 2. The van der Waals surface area contributed by atoms with Gasteiger partial charge in [0, 0.05) is 0 Å². The first-order valence-electron chi connectivity index (χ1n) is 8.18. The topological polar surface area (TPSA) is 0 Å². The van der Waals surface area contributed by atoms with Crippen LogP contribution < -0.4 is 0 Å². The Balaban J connectivity index is 1.78. The van der Waals surface area contributed by atoms with Crippen LogP contribution in [0.5, 0.6) is 0 Å². The molecule has 0 aliphatic carbocycles. The maximum Gasteiger partial charge on any atom is -0.00644 e. The summed E-state index contributed by atoms with van der Waals surface area (Å²) in [4.78, 5) is 0. The quantitative estimate of drug-likeness (QED) is 0.612. The van der Waals surface area contributed by atoms with E-state index < -0.39 is 0 Å². The molecule has 0 saturated carbocycles. The third-order valence-corrected chi connectivity index (χ3v) is 6.17. The van der Waals surface area contributed by atoms with E-state index in [0.29, 0.717) is 0 Å². The fourth-order valence-corrected chi connectivity index (χ4v) is 4.52. The van der Waals surface area contributed by atoms with E-state index in [4.69, 9.17) is 0 Å². The predicted octanol–water partition coefficient (Wildman–Crippen LogP) is 5.59. The Morgan fingerprint density at radius 2 is 0.900 bits per heavy atom. The van der Waals surface area contributed by atoms with Crippen molar-refractivity contribution in [3.8, 4) is 0 Å². The smallest absolute Gasteiger partial charge is 0.00644 e. The highest BCUT2D eigenvalue weighted by molar-refractivity contribution is 7.99. The summed E-state index contributed by atoms with van der Waals surface area (Å²) in [7, 11) is 0. The Bertz CT molecular complexity index is 310. The first-order valence-corrected chi connectivity index (χ1v) is 10.5. The SMILES string of the molecule is c1cc2ccc1CCCSCCCCCCSCCC2. The predicted molar refractivity (Wildman–Crippen MR) is 96.2 cm³/mol. The van der Waals surface area contributed by atoms with Gasteiger partial charge in [0.05, 0.1) is 0 Å². The molecule has 0 unspecified atom stereocenters. The molecule has 0 N–H and O–H groups in total. The maximum atomic E-state index is 2.34. The summed E-state index contributed by atoms with van der Waals surface area (Å²) in [5, 5.41) is 0. The van der Waals surface area contributed by atoms with Gasteiger partial charge in [0.1, 0.15) is 0 Å². The summed E-state index contributed by atoms with van der Waals surface area (Å²) in [6, 6.07) is 9.37. The highest BCUT2D eigenvalue weighted by Crippen LogP contribution is 2.15. The second-order valence-electron chi connectivity index (χ2n) is 5.66. The monoisotopic (exact) mass is 308 g/mol. The van der Waals surface area contributed by atoms with Gasteiger partial charge in [-0.3, -0.25) is 0 Å². The van der Waals surface area contributed by atoms with Crippen molar-refractivity contribution in [1.82, 2.24) is 0 Å². The van der Waals surface area contributed by atoms with Gasteiger partial charge in [-0.25, -0.2) is 0 Å². The van der Waals surface area contributed by atoms with Crippen molar-refractivity contribution in [3.63, 3.8) is 0 Å². The van der Waals surface area contributed by atoms with Crippen LogP contribution in [-0.2, 0) is 12.8 Å². The standard InChI is InChI=1S/C18H28S2/c1-2-4-14-20-16-6-8-18-11-9-17(10-12-18)7-5-15-19-13-3-1/h9-12H,1-8,13-16H2. The molecule has 3 rings (SSSR count). The zero-order valence-electron chi connectivity index (χ0n) is 12.6. The lowest BCUT2D eigenvalue weighted by Crippen LogP contribution is -1.93. The summed E-state index contributed by atoms with van der Waals surface area (Å²) in [5.41, 5.74) is 3.04. The van der Waals surface area contributed by atoms with E-state index >= 15 is 0 Å². The molecular formula is C18H28S2. The molecule has 2 bridgehead atoms. The molecule has 2 heterocycles. The Kier molecular flexibility index (Phi) is 8.65. The zero-order chi connectivity index (χ0) is 13.9. The molecule has 2 aliphatic heterocycles. The minimum atomic E-state index is 1.25. The highest BCUT2D eigenvalue weighted by Gasteiger charge is 1.99. The molecule has 2 aliphatic rings. The van der Waals surface area contributed by atoms with Crippen LogP contribution >= 0.6 is 23.5 Å². The third kappa shape index (κ3) is 7.08. The molecule has 0 nitrogen and oxygen atoms in total. The molecule has 0 aromatic heterocycles. The lowest BCUT2D eigenvalue weighted by molar-refractivity contribution is 0.710. The average Bonchev–Trinajstić information content (AvgIpc) is 2.48. The van der Waals surface area contributed by atoms with Crippen molar-refractivity contribution in [3.05, 3.63) is 35.4 Å². The van der Waals surface area contributed by atoms with Crippen molar-refractivity contribution >= 4 is 23.5 Å². The lowest BCUT2D eigenvalue weighted by atomic mass is 10.1. The summed E-state index contributed by atoms with van der Waals surface area (Å²) in [5.74, 6) is 5.40. The molecule has 112 valence electrons. The van der Waals surface area contributed by atoms with Crippen LogP contribution in [0.1, 0.15) is 49.7 Å². The number of hydrogen-bond acceptors (Lipinski definition) is 2. The number of rotatable bonds is 0. The largest absolute Gasteiger partial charge is 0.162 e. The van der Waals surface area contributed by atoms with E-state index in [2.05, 4.69) is 47.8 Å². The number of fused-ring (bicyclic) bond motifs is 15. The summed E-state index contributed by atoms with van der Waals surface area (Å²) >= 11 is 4.30. The van der Waals surface area contributed by atoms with Crippen LogP contribution in [0.15, 0.2) is 24.3 Å². The van der Waals surface area contributed by atoms with Crippen molar-refractivity contribution in [2.24, 2.45) is 0 Å². The second-order valence-corrected chi connectivity index (χ2v) is 8.11. The van der Waals surface area contributed by atoms with Crippen molar-refractivity contribution in [2.75, 3.05) is 23.0 Å². The van der Waals surface area contributed by atoms with Gasteiger partial charge < -0.3 is 0 Å². The molecule has 0 fully saturated rings. The lowest BCUT2D eigenvalue weighted by Gasteiger charge is -2.07. The Hall–Kier alpha value is -0.0800. The second kappa shape index (κ2) is 10.6. The van der Waals surface area contributed by atoms with Gasteiger partial charge in [-0.15, -0.1) is 0 Å². The normalized spacial score (nSPS) is 20.2. The molecule has 0 amide bonds. The fourth-order valence-electron chi connectivity index (χ4n) is 2.60. The van der Waals surface area contributed by atoms with Crippen LogP contribution in [0.3, 0.4) is 0 Å². The number of benzene rings is 1. The molecule has 1 aromatic carbocycles. The summed E-state index contributed by atoms with van der Waals surface area (Å²) < 4.78 is 0. The average molecular weight is 309 g/mol. The molecular weight excluding hydrogens is 280 g/mol. The number of aryl methyl sites for hydroxylation is 2. The minimum absolute atomic E-state index is 1.25. The van der Waals surface area contributed by atoms with Crippen LogP contribution in [0.2, 0.25) is 0 Å². The maximum absolute atomic E-state index is 2.34. The van der Waals surface area contributed by atoms with E-state index in [0.717, 1.165) is 0 Å². The molecule has 0 saturated heterocycles. The Labute approximate surface area is 133 Å². The molecule has 0 spiro atoms. The molecule has 1 aromatic rings. The molecule has 0 atom stereocenters. The van der Waals surface area contributed by atoms with Gasteiger partial charge >= 0.3 is 0 Å². The van der Waals surface area contributed by atoms with Crippen molar-refractivity contribution in [1.29, 1.82) is 0 Å². The van der Waals surface area contributed by atoms with Gasteiger partial charge in [-0.2, -0.15) is 23.5 Å². The Morgan fingerprint density at radius 1 is 0.500 bits per heavy atom. The van der Waals surface area contributed by atoms with E-state index in [-0.39, 0.29) is 0 Å². The van der Waals surface area contributed by atoms with Gasteiger partial charge in [-0.1, -0.05) is 37.1 Å². The molecule has 2 heteroatoms. The van der Waals surface area contributed by atoms with Gasteiger partial charge in [-0.05, 0) is 72.7 Å². The summed E-state index contributed by atoms with van der Waals surface area (Å²) in [6.45, 7) is 0. The molecule has 0 radical (unpaired) electrons. The van der Waals surface area contributed by atoms with Crippen LogP contribution in [-0.4, -0.2) is 23.0 Å². The van der Waals surface area contributed by atoms with Gasteiger partial charge in [0.15, 0.2) is 0 Å². The van der Waals surface area contributed by atoms with Crippen molar-refractivity contribution < 1.29 is 0 Å². The highest BCUT2D eigenvalue weighted by atomic mass is 32.2. The molecule has 20 heavy (non-hydrogen) atoms.